The third-order valence-electron chi connectivity index (χ3n) is 7.40. The number of carbonyl (C=O) groups excluding carboxylic acids is 2. The van der Waals surface area contributed by atoms with Gasteiger partial charge in [0.05, 0.1) is 34.7 Å². The van der Waals surface area contributed by atoms with Gasteiger partial charge in [0.25, 0.3) is 15.7 Å². The summed E-state index contributed by atoms with van der Waals surface area (Å²) in [7, 11) is -3.25. The molecule has 0 amide bonds. The summed E-state index contributed by atoms with van der Waals surface area (Å²) in [4.78, 5) is 35.5. The Bertz CT molecular complexity index is 1710. The van der Waals surface area contributed by atoms with Gasteiger partial charge in [0.2, 0.25) is 0 Å². The lowest BCUT2D eigenvalue weighted by Gasteiger charge is -2.36. The lowest BCUT2D eigenvalue weighted by Crippen LogP contribution is -2.49. The van der Waals surface area contributed by atoms with E-state index in [0.29, 0.717) is 5.56 Å². The van der Waals surface area contributed by atoms with Crippen LogP contribution in [0.25, 0.3) is 0 Å². The number of nitrogens with zero attached hydrogens (tertiary/aromatic N) is 2. The van der Waals surface area contributed by atoms with Gasteiger partial charge in [0, 0.05) is 31.0 Å². The van der Waals surface area contributed by atoms with Crippen molar-refractivity contribution in [2.45, 2.75) is 62.8 Å². The van der Waals surface area contributed by atoms with Crippen molar-refractivity contribution in [1.29, 1.82) is 0 Å². The van der Waals surface area contributed by atoms with E-state index in [4.69, 9.17) is 23.7 Å². The number of fused-ring (bicyclic) bond motifs is 2. The average molecular weight is 641 g/mol. The van der Waals surface area contributed by atoms with Crippen molar-refractivity contribution in [2.24, 2.45) is 0 Å². The third kappa shape index (κ3) is 6.77. The Morgan fingerprint density at radius 3 is 2.38 bits per heavy atom. The number of benzene rings is 3. The van der Waals surface area contributed by atoms with Gasteiger partial charge in [-0.3, -0.25) is 19.2 Å². The highest BCUT2D eigenvalue weighted by Gasteiger charge is 2.50. The number of rotatable bonds is 8. The van der Waals surface area contributed by atoms with Crippen molar-refractivity contribution >= 4 is 33.3 Å². The average Bonchev–Trinajstić information content (AvgIpc) is 3.31. The van der Waals surface area contributed by atoms with Gasteiger partial charge in [0.1, 0.15) is 30.7 Å². The molecule has 1 fully saturated rings. The first-order valence-electron chi connectivity index (χ1n) is 14.0. The smallest absolute Gasteiger partial charge is 0.338 e. The van der Waals surface area contributed by atoms with E-state index in [-0.39, 0.29) is 47.2 Å². The summed E-state index contributed by atoms with van der Waals surface area (Å²) in [6, 6.07) is 16.5. The maximum atomic E-state index is 14.4. The van der Waals surface area contributed by atoms with Crippen LogP contribution in [0, 0.1) is 10.1 Å². The summed E-state index contributed by atoms with van der Waals surface area (Å²) in [5.74, 6) is -2.32. The fourth-order valence-electron chi connectivity index (χ4n) is 5.47. The van der Waals surface area contributed by atoms with Crippen LogP contribution in [0.4, 0.5) is 11.4 Å². The van der Waals surface area contributed by atoms with Crippen molar-refractivity contribution in [3.05, 3.63) is 93.5 Å². The molecule has 2 aliphatic heterocycles. The summed E-state index contributed by atoms with van der Waals surface area (Å²) in [6.45, 7) is 4.34. The van der Waals surface area contributed by atoms with Gasteiger partial charge in [-0.25, -0.2) is 13.2 Å². The first-order chi connectivity index (χ1) is 21.3. The van der Waals surface area contributed by atoms with Crippen LogP contribution in [-0.4, -0.2) is 63.0 Å². The minimum absolute atomic E-state index is 0.00768. The Morgan fingerprint density at radius 1 is 1.07 bits per heavy atom. The van der Waals surface area contributed by atoms with Gasteiger partial charge in [-0.1, -0.05) is 30.3 Å². The monoisotopic (exact) mass is 640 g/mol. The molecule has 0 aromatic heterocycles. The van der Waals surface area contributed by atoms with Crippen LogP contribution in [0.5, 0.6) is 5.75 Å². The number of hydrogen-bond donors (Lipinski definition) is 0. The molecule has 2 aliphatic rings. The molecule has 3 aromatic carbocycles. The number of ether oxygens (including phenoxy) is 5. The van der Waals surface area contributed by atoms with Crippen molar-refractivity contribution in [3.8, 4) is 5.75 Å². The molecule has 0 N–H and O–H groups in total. The summed E-state index contributed by atoms with van der Waals surface area (Å²) >= 11 is 0. The van der Waals surface area contributed by atoms with Crippen LogP contribution in [-0.2, 0) is 46.8 Å². The first kappa shape index (κ1) is 31.9. The summed E-state index contributed by atoms with van der Waals surface area (Å²) in [5, 5.41) is 11.3. The van der Waals surface area contributed by atoms with Crippen molar-refractivity contribution in [3.63, 3.8) is 0 Å². The van der Waals surface area contributed by atoms with Crippen molar-refractivity contribution in [1.82, 2.24) is 0 Å². The normalized spacial score (nSPS) is 20.6. The number of esters is 2. The fourth-order valence-corrected chi connectivity index (χ4v) is 6.97. The number of nitro benzene ring substituents is 1. The fraction of sp³-hybridized carbons (Fsp3) is 0.355. The van der Waals surface area contributed by atoms with E-state index >= 15 is 0 Å². The Kier molecular flexibility index (Phi) is 8.83. The topological polar surface area (TPSA) is 161 Å². The molecule has 0 radical (unpaired) electrons. The zero-order valence-electron chi connectivity index (χ0n) is 25.0. The minimum atomic E-state index is -4.45. The molecule has 45 heavy (non-hydrogen) atoms. The van der Waals surface area contributed by atoms with E-state index in [1.807, 2.05) is 30.3 Å². The minimum Gasteiger partial charge on any atom is -0.489 e. The van der Waals surface area contributed by atoms with Crippen LogP contribution in [0.3, 0.4) is 0 Å². The van der Waals surface area contributed by atoms with E-state index in [9.17, 15) is 28.1 Å². The van der Waals surface area contributed by atoms with Gasteiger partial charge in [0.15, 0.2) is 5.79 Å². The van der Waals surface area contributed by atoms with E-state index in [1.54, 1.807) is 13.8 Å². The van der Waals surface area contributed by atoms with Gasteiger partial charge in [-0.2, -0.15) is 0 Å². The standard InChI is InChI=1S/C31H32N2O11S/c1-19(34)42-27-16-24-25(14-21(30(35)40-4)15-26(24)41-18-20-8-6-5-7-9-20)32(17-28-29(27)44-31(2,3)43-28)45(38,39)23-12-10-22(11-13-23)33(36)37/h5-15,27-29H,16-18H2,1-4H3/t27-,28-,29-/m1/s1. The second kappa shape index (κ2) is 12.5. The Morgan fingerprint density at radius 2 is 1.76 bits per heavy atom. The zero-order valence-corrected chi connectivity index (χ0v) is 25.8. The van der Waals surface area contributed by atoms with E-state index < -0.39 is 51.0 Å². The van der Waals surface area contributed by atoms with Crippen molar-refractivity contribution in [2.75, 3.05) is 18.0 Å². The van der Waals surface area contributed by atoms with E-state index in [2.05, 4.69) is 0 Å². The van der Waals surface area contributed by atoms with Crippen LogP contribution in [0.1, 0.15) is 42.3 Å². The molecule has 13 nitrogen and oxygen atoms in total. The number of carbonyl (C=O) groups is 2. The molecule has 5 rings (SSSR count). The largest absolute Gasteiger partial charge is 0.489 e. The van der Waals surface area contributed by atoms with Gasteiger partial charge in [-0.15, -0.1) is 0 Å². The van der Waals surface area contributed by atoms with Crippen LogP contribution in [0.2, 0.25) is 0 Å². The zero-order chi connectivity index (χ0) is 32.5. The maximum Gasteiger partial charge on any atom is 0.338 e. The number of non-ortho nitro benzene ring substituents is 1. The second-order valence-electron chi connectivity index (χ2n) is 11.0. The first-order valence-corrected chi connectivity index (χ1v) is 15.4. The molecule has 2 heterocycles. The predicted octanol–water partition coefficient (Wildman–Crippen LogP) is 4.16. The number of methoxy groups -OCH3 is 1. The Labute approximate surface area is 259 Å². The maximum absolute atomic E-state index is 14.4. The van der Waals surface area contributed by atoms with Gasteiger partial charge in [-0.05, 0) is 43.7 Å². The summed E-state index contributed by atoms with van der Waals surface area (Å²) in [5.41, 5.74) is 0.908. The SMILES string of the molecule is COC(=O)c1cc(OCc2ccccc2)c2c(c1)N(S(=O)(=O)c1ccc([N+](=O)[O-])cc1)C[C@H]1OC(C)(C)O[C@@H]1[C@H](OC(C)=O)C2. The number of sulfonamides is 1. The number of anilines is 1. The number of nitro groups is 1. The predicted molar refractivity (Wildman–Crippen MR) is 159 cm³/mol. The molecular formula is C31H32N2O11S. The second-order valence-corrected chi connectivity index (χ2v) is 12.9. The molecule has 238 valence electrons. The molecule has 14 heteroatoms. The van der Waals surface area contributed by atoms with Gasteiger partial charge >= 0.3 is 11.9 Å². The Hall–Kier alpha value is -4.53. The molecule has 3 aromatic rings. The highest BCUT2D eigenvalue weighted by molar-refractivity contribution is 7.92. The lowest BCUT2D eigenvalue weighted by molar-refractivity contribution is -0.384. The summed E-state index contributed by atoms with van der Waals surface area (Å²) in [6.07, 6.45) is -2.78. The lowest BCUT2D eigenvalue weighted by atomic mass is 9.94. The number of hydrogen-bond acceptors (Lipinski definition) is 11. The molecule has 0 bridgehead atoms. The Balaban J connectivity index is 1.72. The molecule has 3 atom stereocenters. The molecule has 0 aliphatic carbocycles. The van der Waals surface area contributed by atoms with Gasteiger partial charge < -0.3 is 23.7 Å². The summed E-state index contributed by atoms with van der Waals surface area (Å²) < 4.78 is 59.0. The highest BCUT2D eigenvalue weighted by Crippen LogP contribution is 2.42. The molecule has 1 saturated heterocycles. The quantitative estimate of drug-likeness (QED) is 0.197. The highest BCUT2D eigenvalue weighted by atomic mass is 32.2. The van der Waals surface area contributed by atoms with Crippen LogP contribution < -0.4 is 9.04 Å². The molecule has 0 spiro atoms. The van der Waals surface area contributed by atoms with Crippen LogP contribution >= 0.6 is 0 Å². The molecule has 0 saturated carbocycles. The molecular weight excluding hydrogens is 608 g/mol. The molecule has 0 unspecified atom stereocenters. The van der Waals surface area contributed by atoms with E-state index in [1.165, 1.54) is 26.2 Å². The third-order valence-corrected chi connectivity index (χ3v) is 9.20. The van der Waals surface area contributed by atoms with Crippen molar-refractivity contribution < 1.29 is 46.6 Å². The van der Waals surface area contributed by atoms with E-state index in [0.717, 1.165) is 34.1 Å². The van der Waals surface area contributed by atoms with Crippen LogP contribution in [0.15, 0.2) is 71.6 Å².